The zero-order valence-corrected chi connectivity index (χ0v) is 13.7. The van der Waals surface area contributed by atoms with E-state index in [9.17, 15) is 0 Å². The third-order valence-corrected chi connectivity index (χ3v) is 5.28. The van der Waals surface area contributed by atoms with Gasteiger partial charge in [0.25, 0.3) is 0 Å². The lowest BCUT2D eigenvalue weighted by Gasteiger charge is -2.36. The van der Waals surface area contributed by atoms with E-state index in [0.717, 1.165) is 47.2 Å². The molecule has 1 heterocycles. The second-order valence-corrected chi connectivity index (χ2v) is 6.76. The predicted molar refractivity (Wildman–Crippen MR) is 88.5 cm³/mol. The molecule has 0 bridgehead atoms. The van der Waals surface area contributed by atoms with Crippen molar-refractivity contribution in [2.45, 2.75) is 58.0 Å². The van der Waals surface area contributed by atoms with E-state index < -0.39 is 0 Å². The Morgan fingerprint density at radius 3 is 2.67 bits per heavy atom. The molecular formula is C17H24ClN3. The zero-order valence-electron chi connectivity index (χ0n) is 12.9. The molecule has 1 saturated carbocycles. The Morgan fingerprint density at radius 1 is 1.33 bits per heavy atom. The second kappa shape index (κ2) is 5.62. The maximum atomic E-state index is 6.76. The second-order valence-electron chi connectivity index (χ2n) is 6.32. The largest absolute Gasteiger partial charge is 0.327 e. The zero-order chi connectivity index (χ0) is 15.0. The molecule has 3 rings (SSSR count). The van der Waals surface area contributed by atoms with Gasteiger partial charge in [0.15, 0.2) is 0 Å². The Balaban J connectivity index is 2.03. The molecule has 0 amide bonds. The molecule has 4 heteroatoms. The first-order valence-electron chi connectivity index (χ1n) is 8.02. The normalized spacial score (nSPS) is 26.4. The molecule has 0 saturated heterocycles. The van der Waals surface area contributed by atoms with E-state index in [1.165, 1.54) is 19.3 Å². The van der Waals surface area contributed by atoms with Crippen LogP contribution in [0.25, 0.3) is 11.0 Å². The SMILES string of the molecule is CCC1CCC(N)(c2nc3cc(Cl)ccc3n2CC)CC1. The van der Waals surface area contributed by atoms with Crippen LogP contribution in [0.15, 0.2) is 18.2 Å². The first-order valence-corrected chi connectivity index (χ1v) is 8.40. The highest BCUT2D eigenvalue weighted by atomic mass is 35.5. The van der Waals surface area contributed by atoms with Gasteiger partial charge in [0.2, 0.25) is 0 Å². The molecule has 0 atom stereocenters. The number of benzene rings is 1. The summed E-state index contributed by atoms with van der Waals surface area (Å²) < 4.78 is 2.26. The van der Waals surface area contributed by atoms with Crippen LogP contribution in [-0.2, 0) is 12.1 Å². The van der Waals surface area contributed by atoms with Crippen molar-refractivity contribution < 1.29 is 0 Å². The Morgan fingerprint density at radius 2 is 2.05 bits per heavy atom. The first-order chi connectivity index (χ1) is 10.1. The van der Waals surface area contributed by atoms with E-state index in [1.54, 1.807) is 0 Å². The molecule has 0 spiro atoms. The van der Waals surface area contributed by atoms with Crippen molar-refractivity contribution in [1.82, 2.24) is 9.55 Å². The van der Waals surface area contributed by atoms with E-state index >= 15 is 0 Å². The Labute approximate surface area is 131 Å². The molecular weight excluding hydrogens is 282 g/mol. The van der Waals surface area contributed by atoms with E-state index in [-0.39, 0.29) is 5.54 Å². The molecule has 1 aromatic carbocycles. The molecule has 0 radical (unpaired) electrons. The number of fused-ring (bicyclic) bond motifs is 1. The molecule has 0 unspecified atom stereocenters. The van der Waals surface area contributed by atoms with Gasteiger partial charge in [0.05, 0.1) is 16.6 Å². The van der Waals surface area contributed by atoms with Crippen molar-refractivity contribution in [2.75, 3.05) is 0 Å². The van der Waals surface area contributed by atoms with Gasteiger partial charge in [-0.2, -0.15) is 0 Å². The lowest BCUT2D eigenvalue weighted by atomic mass is 9.75. The van der Waals surface area contributed by atoms with Gasteiger partial charge in [-0.25, -0.2) is 4.98 Å². The van der Waals surface area contributed by atoms with Crippen molar-refractivity contribution >= 4 is 22.6 Å². The molecule has 1 fully saturated rings. The highest BCUT2D eigenvalue weighted by molar-refractivity contribution is 6.31. The van der Waals surface area contributed by atoms with Crippen LogP contribution in [0, 0.1) is 5.92 Å². The van der Waals surface area contributed by atoms with Gasteiger partial charge in [0, 0.05) is 11.6 Å². The lowest BCUT2D eigenvalue weighted by Crippen LogP contribution is -2.42. The Bertz CT molecular complexity index is 639. The van der Waals surface area contributed by atoms with Crippen molar-refractivity contribution in [2.24, 2.45) is 11.7 Å². The summed E-state index contributed by atoms with van der Waals surface area (Å²) in [6, 6.07) is 5.92. The molecule has 3 nitrogen and oxygen atoms in total. The summed E-state index contributed by atoms with van der Waals surface area (Å²) >= 11 is 6.10. The lowest BCUT2D eigenvalue weighted by molar-refractivity contribution is 0.218. The van der Waals surface area contributed by atoms with E-state index in [4.69, 9.17) is 22.3 Å². The van der Waals surface area contributed by atoms with Crippen LogP contribution >= 0.6 is 11.6 Å². The van der Waals surface area contributed by atoms with Crippen LogP contribution < -0.4 is 5.73 Å². The number of halogens is 1. The number of hydrogen-bond acceptors (Lipinski definition) is 2. The molecule has 0 aliphatic heterocycles. The minimum absolute atomic E-state index is 0.285. The van der Waals surface area contributed by atoms with Gasteiger partial charge in [0.1, 0.15) is 5.82 Å². The number of aryl methyl sites for hydroxylation is 1. The fourth-order valence-electron chi connectivity index (χ4n) is 3.63. The quantitative estimate of drug-likeness (QED) is 0.909. The molecule has 2 N–H and O–H groups in total. The number of nitrogens with zero attached hydrogens (tertiary/aromatic N) is 2. The van der Waals surface area contributed by atoms with Gasteiger partial charge in [-0.05, 0) is 56.7 Å². The number of nitrogens with two attached hydrogens (primary N) is 1. The Kier molecular flexibility index (Phi) is 3.98. The molecule has 2 aromatic rings. The summed E-state index contributed by atoms with van der Waals surface area (Å²) in [6.07, 6.45) is 5.74. The third kappa shape index (κ3) is 2.58. The summed E-state index contributed by atoms with van der Waals surface area (Å²) in [5.74, 6) is 1.87. The maximum Gasteiger partial charge on any atom is 0.130 e. The monoisotopic (exact) mass is 305 g/mol. The molecule has 114 valence electrons. The fraction of sp³-hybridized carbons (Fsp3) is 0.588. The van der Waals surface area contributed by atoms with Crippen LogP contribution in [0.1, 0.15) is 51.8 Å². The van der Waals surface area contributed by atoms with Crippen LogP contribution in [-0.4, -0.2) is 9.55 Å². The molecule has 1 aromatic heterocycles. The highest BCUT2D eigenvalue weighted by Crippen LogP contribution is 2.39. The number of aromatic nitrogens is 2. The van der Waals surface area contributed by atoms with Gasteiger partial charge in [-0.15, -0.1) is 0 Å². The van der Waals surface area contributed by atoms with E-state index in [2.05, 4.69) is 24.5 Å². The Hall–Kier alpha value is -1.06. The summed E-state index contributed by atoms with van der Waals surface area (Å²) in [5.41, 5.74) is 8.57. The van der Waals surface area contributed by atoms with Crippen LogP contribution in [0.5, 0.6) is 0 Å². The average molecular weight is 306 g/mol. The summed E-state index contributed by atoms with van der Waals surface area (Å²) in [4.78, 5) is 4.84. The standard InChI is InChI=1S/C17H24ClN3/c1-3-12-7-9-17(19,10-8-12)16-20-14-11-13(18)5-6-15(14)21(16)4-2/h5-6,11-12H,3-4,7-10,19H2,1-2H3. The van der Waals surface area contributed by atoms with Crippen LogP contribution in [0.3, 0.4) is 0 Å². The smallest absolute Gasteiger partial charge is 0.130 e. The average Bonchev–Trinajstić information content (AvgIpc) is 2.86. The van der Waals surface area contributed by atoms with Crippen molar-refractivity contribution in [3.63, 3.8) is 0 Å². The summed E-state index contributed by atoms with van der Waals surface area (Å²) in [5, 5.41) is 0.732. The van der Waals surface area contributed by atoms with Crippen molar-refractivity contribution in [3.8, 4) is 0 Å². The van der Waals surface area contributed by atoms with Crippen LogP contribution in [0.2, 0.25) is 5.02 Å². The number of rotatable bonds is 3. The van der Waals surface area contributed by atoms with E-state index in [1.807, 2.05) is 12.1 Å². The minimum Gasteiger partial charge on any atom is -0.327 e. The minimum atomic E-state index is -0.285. The van der Waals surface area contributed by atoms with Gasteiger partial charge < -0.3 is 10.3 Å². The molecule has 21 heavy (non-hydrogen) atoms. The van der Waals surface area contributed by atoms with E-state index in [0.29, 0.717) is 0 Å². The summed E-state index contributed by atoms with van der Waals surface area (Å²) in [6.45, 7) is 5.32. The van der Waals surface area contributed by atoms with Crippen molar-refractivity contribution in [1.29, 1.82) is 0 Å². The van der Waals surface area contributed by atoms with Crippen LogP contribution in [0.4, 0.5) is 0 Å². The number of hydrogen-bond donors (Lipinski definition) is 1. The molecule has 1 aliphatic carbocycles. The van der Waals surface area contributed by atoms with Gasteiger partial charge in [-0.3, -0.25) is 0 Å². The third-order valence-electron chi connectivity index (χ3n) is 5.05. The first kappa shape index (κ1) is 14.9. The maximum absolute atomic E-state index is 6.76. The van der Waals surface area contributed by atoms with Gasteiger partial charge in [-0.1, -0.05) is 24.9 Å². The highest BCUT2D eigenvalue weighted by Gasteiger charge is 2.36. The molecule has 1 aliphatic rings. The fourth-order valence-corrected chi connectivity index (χ4v) is 3.79. The topological polar surface area (TPSA) is 43.8 Å². The van der Waals surface area contributed by atoms with Gasteiger partial charge >= 0.3 is 0 Å². The van der Waals surface area contributed by atoms with Crippen molar-refractivity contribution in [3.05, 3.63) is 29.0 Å². The number of imidazole rings is 1. The predicted octanol–water partition coefficient (Wildman–Crippen LogP) is 4.46. The summed E-state index contributed by atoms with van der Waals surface area (Å²) in [7, 11) is 0.